The monoisotopic (exact) mass is 200 g/mol. The van der Waals surface area contributed by atoms with Gasteiger partial charge in [0.25, 0.3) is 0 Å². The van der Waals surface area contributed by atoms with Gasteiger partial charge in [0, 0.05) is 13.1 Å². The van der Waals surface area contributed by atoms with Crippen molar-refractivity contribution < 1.29 is 14.3 Å². The third-order valence-electron chi connectivity index (χ3n) is 1.79. The number of carbonyl (C=O) groups excluding carboxylic acids is 2. The highest BCUT2D eigenvalue weighted by Gasteiger charge is 2.28. The molecule has 1 aliphatic heterocycles. The molecule has 2 amide bonds. The normalized spacial score (nSPS) is 20.8. The van der Waals surface area contributed by atoms with Gasteiger partial charge in [-0.25, -0.2) is 4.79 Å². The average molecular weight is 200 g/mol. The van der Waals surface area contributed by atoms with Gasteiger partial charge in [0.2, 0.25) is 5.91 Å². The molecule has 1 heterocycles. The van der Waals surface area contributed by atoms with Crippen molar-refractivity contribution in [1.29, 1.82) is 0 Å². The highest BCUT2D eigenvalue weighted by atomic mass is 16.6. The molecule has 1 atom stereocenters. The van der Waals surface area contributed by atoms with Gasteiger partial charge in [-0.15, -0.1) is 0 Å². The molecule has 0 unspecified atom stereocenters. The molecule has 80 valence electrons. The molecule has 1 aliphatic rings. The van der Waals surface area contributed by atoms with E-state index in [0.29, 0.717) is 13.1 Å². The second-order valence-electron chi connectivity index (χ2n) is 4.32. The van der Waals surface area contributed by atoms with E-state index in [0.717, 1.165) is 0 Å². The van der Waals surface area contributed by atoms with E-state index in [1.165, 1.54) is 0 Å². The summed E-state index contributed by atoms with van der Waals surface area (Å²) in [6.07, 6.45) is -0.475. The van der Waals surface area contributed by atoms with Crippen molar-refractivity contribution in [2.24, 2.45) is 5.92 Å². The van der Waals surface area contributed by atoms with Gasteiger partial charge in [0.1, 0.15) is 5.60 Å². The topological polar surface area (TPSA) is 67.4 Å². The molecule has 0 radical (unpaired) electrons. The number of amides is 2. The second-order valence-corrected chi connectivity index (χ2v) is 4.32. The summed E-state index contributed by atoms with van der Waals surface area (Å²) in [5.74, 6) is -0.108. The van der Waals surface area contributed by atoms with E-state index < -0.39 is 11.7 Å². The van der Waals surface area contributed by atoms with E-state index >= 15 is 0 Å². The Labute approximate surface area is 83.2 Å². The summed E-state index contributed by atoms with van der Waals surface area (Å²) in [4.78, 5) is 22.0. The Balaban J connectivity index is 2.18. The van der Waals surface area contributed by atoms with Crippen LogP contribution in [0.3, 0.4) is 0 Å². The van der Waals surface area contributed by atoms with Crippen LogP contribution in [0.5, 0.6) is 0 Å². The number of carbonyl (C=O) groups is 2. The lowest BCUT2D eigenvalue weighted by Crippen LogP contribution is -2.53. The number of nitrogens with one attached hydrogen (secondary N) is 2. The number of hydrogen-bond donors (Lipinski definition) is 2. The first-order valence-electron chi connectivity index (χ1n) is 4.63. The number of alkyl carbamates (subject to hydrolysis) is 1. The van der Waals surface area contributed by atoms with Crippen LogP contribution >= 0.6 is 0 Å². The molecule has 0 bridgehead atoms. The van der Waals surface area contributed by atoms with Crippen molar-refractivity contribution in [2.45, 2.75) is 26.4 Å². The summed E-state index contributed by atoms with van der Waals surface area (Å²) < 4.78 is 5.01. The molecule has 5 nitrogen and oxygen atoms in total. The number of hydrogen-bond acceptors (Lipinski definition) is 3. The van der Waals surface area contributed by atoms with Gasteiger partial charge in [-0.05, 0) is 20.8 Å². The zero-order valence-corrected chi connectivity index (χ0v) is 8.72. The van der Waals surface area contributed by atoms with Crippen LogP contribution < -0.4 is 10.6 Å². The molecule has 0 aromatic heterocycles. The lowest BCUT2D eigenvalue weighted by Gasteiger charge is -2.26. The minimum Gasteiger partial charge on any atom is -0.444 e. The van der Waals surface area contributed by atoms with Crippen molar-refractivity contribution in [3.8, 4) is 0 Å². The maximum absolute atomic E-state index is 11.1. The molecular weight excluding hydrogens is 184 g/mol. The fraction of sp³-hybridized carbons (Fsp3) is 0.778. The molecule has 0 spiro atoms. The number of β-lactam (4-membered cyclic amide) rings is 1. The van der Waals surface area contributed by atoms with Crippen molar-refractivity contribution in [1.82, 2.24) is 10.6 Å². The Morgan fingerprint density at radius 3 is 2.64 bits per heavy atom. The van der Waals surface area contributed by atoms with Crippen molar-refractivity contribution in [3.05, 3.63) is 0 Å². The standard InChI is InChI=1S/C9H16N2O3/c1-9(2,3)14-8(13)11-5-6-4-10-7(6)12/h6H,4-5H2,1-3H3,(H,10,12)(H,11,13)/t6-/m1/s1. The molecule has 1 saturated heterocycles. The maximum Gasteiger partial charge on any atom is 0.407 e. The zero-order valence-electron chi connectivity index (χ0n) is 8.72. The summed E-state index contributed by atoms with van der Waals surface area (Å²) in [5.41, 5.74) is -0.494. The van der Waals surface area contributed by atoms with E-state index in [4.69, 9.17) is 4.74 Å². The Morgan fingerprint density at radius 2 is 2.29 bits per heavy atom. The highest BCUT2D eigenvalue weighted by Crippen LogP contribution is 2.07. The van der Waals surface area contributed by atoms with Gasteiger partial charge in [-0.3, -0.25) is 4.79 Å². The van der Waals surface area contributed by atoms with Gasteiger partial charge in [0.05, 0.1) is 5.92 Å². The maximum atomic E-state index is 11.1. The van der Waals surface area contributed by atoms with E-state index in [2.05, 4.69) is 10.6 Å². The van der Waals surface area contributed by atoms with Crippen LogP contribution in [-0.4, -0.2) is 30.7 Å². The summed E-state index contributed by atoms with van der Waals surface area (Å²) in [7, 11) is 0. The second kappa shape index (κ2) is 3.86. The first-order chi connectivity index (χ1) is 6.38. The van der Waals surface area contributed by atoms with Crippen LogP contribution in [0.4, 0.5) is 4.79 Å². The predicted octanol–water partition coefficient (Wildman–Crippen LogP) is 0.257. The van der Waals surface area contributed by atoms with Crippen molar-refractivity contribution >= 4 is 12.0 Å². The molecule has 2 N–H and O–H groups in total. The largest absolute Gasteiger partial charge is 0.444 e. The third kappa shape index (κ3) is 3.24. The minimum atomic E-state index is -0.494. The van der Waals surface area contributed by atoms with E-state index in [-0.39, 0.29) is 11.8 Å². The quantitative estimate of drug-likeness (QED) is 0.628. The lowest BCUT2D eigenvalue weighted by molar-refractivity contribution is -0.130. The van der Waals surface area contributed by atoms with Gasteiger partial charge in [0.15, 0.2) is 0 Å². The van der Waals surface area contributed by atoms with Crippen molar-refractivity contribution in [2.75, 3.05) is 13.1 Å². The first kappa shape index (κ1) is 10.8. The summed E-state index contributed by atoms with van der Waals surface area (Å²) >= 11 is 0. The summed E-state index contributed by atoms with van der Waals surface area (Å²) in [6, 6.07) is 0. The van der Waals surface area contributed by atoms with E-state index in [1.807, 2.05) is 0 Å². The van der Waals surface area contributed by atoms with Crippen LogP contribution in [0.15, 0.2) is 0 Å². The predicted molar refractivity (Wildman–Crippen MR) is 50.7 cm³/mol. The van der Waals surface area contributed by atoms with Gasteiger partial charge < -0.3 is 15.4 Å². The molecule has 5 heteroatoms. The van der Waals surface area contributed by atoms with E-state index in [9.17, 15) is 9.59 Å². The molecular formula is C9H16N2O3. The van der Waals surface area contributed by atoms with Crippen LogP contribution in [0.1, 0.15) is 20.8 Å². The number of rotatable bonds is 2. The van der Waals surface area contributed by atoms with Crippen molar-refractivity contribution in [3.63, 3.8) is 0 Å². The van der Waals surface area contributed by atoms with Gasteiger partial charge >= 0.3 is 6.09 Å². The minimum absolute atomic E-state index is 0.0129. The van der Waals surface area contributed by atoms with E-state index in [1.54, 1.807) is 20.8 Å². The third-order valence-corrected chi connectivity index (χ3v) is 1.79. The Morgan fingerprint density at radius 1 is 1.64 bits per heavy atom. The molecule has 1 fully saturated rings. The van der Waals surface area contributed by atoms with Gasteiger partial charge in [-0.1, -0.05) is 0 Å². The molecule has 1 rings (SSSR count). The average Bonchev–Trinajstić information content (AvgIpc) is 1.98. The van der Waals surface area contributed by atoms with Crippen LogP contribution in [0.25, 0.3) is 0 Å². The molecule has 0 saturated carbocycles. The summed E-state index contributed by atoms with van der Waals surface area (Å²) in [6.45, 7) is 6.36. The smallest absolute Gasteiger partial charge is 0.407 e. The molecule has 0 aromatic rings. The fourth-order valence-electron chi connectivity index (χ4n) is 1.02. The zero-order chi connectivity index (χ0) is 10.8. The Hall–Kier alpha value is -1.26. The Kier molecular flexibility index (Phi) is 2.98. The van der Waals surface area contributed by atoms with Crippen LogP contribution in [0, 0.1) is 5.92 Å². The molecule has 14 heavy (non-hydrogen) atoms. The SMILES string of the molecule is CC(C)(C)OC(=O)NC[C@H]1CNC1=O. The summed E-state index contributed by atoms with van der Waals surface area (Å²) in [5, 5.41) is 5.15. The highest BCUT2D eigenvalue weighted by molar-refractivity contribution is 5.85. The van der Waals surface area contributed by atoms with Gasteiger partial charge in [-0.2, -0.15) is 0 Å². The Bertz CT molecular complexity index is 245. The lowest BCUT2D eigenvalue weighted by atomic mass is 10.0. The fourth-order valence-corrected chi connectivity index (χ4v) is 1.02. The number of ether oxygens (including phenoxy) is 1. The molecule has 0 aromatic carbocycles. The van der Waals surface area contributed by atoms with Crippen LogP contribution in [0.2, 0.25) is 0 Å². The first-order valence-corrected chi connectivity index (χ1v) is 4.63. The molecule has 0 aliphatic carbocycles. The van der Waals surface area contributed by atoms with Crippen LogP contribution in [-0.2, 0) is 9.53 Å².